The lowest BCUT2D eigenvalue weighted by molar-refractivity contribution is -0.115. The Hall–Kier alpha value is -3.42. The Morgan fingerprint density at radius 3 is 2.42 bits per heavy atom. The third-order valence-electron chi connectivity index (χ3n) is 5.84. The molecule has 0 unspecified atom stereocenters. The summed E-state index contributed by atoms with van der Waals surface area (Å²) in [6.45, 7) is 0. The van der Waals surface area contributed by atoms with Crippen LogP contribution < -0.4 is 10.2 Å². The van der Waals surface area contributed by atoms with E-state index in [0.717, 1.165) is 36.9 Å². The number of benzene rings is 3. The minimum absolute atomic E-state index is 0.269. The summed E-state index contributed by atoms with van der Waals surface area (Å²) in [5.74, 6) is -0.133. The van der Waals surface area contributed by atoms with Gasteiger partial charge in [-0.25, -0.2) is 4.98 Å². The van der Waals surface area contributed by atoms with E-state index >= 15 is 0 Å². The summed E-state index contributed by atoms with van der Waals surface area (Å²) in [4.78, 5) is 33.6. The van der Waals surface area contributed by atoms with E-state index in [1.807, 2.05) is 78.9 Å². The average molecular weight is 618 g/mol. The number of thioether (sulfide) groups is 2. The second-order valence-electron chi connectivity index (χ2n) is 8.51. The minimum atomic E-state index is -0.404. The number of rotatable bonds is 8. The summed E-state index contributed by atoms with van der Waals surface area (Å²) in [6, 6.07) is 26.8. The van der Waals surface area contributed by atoms with E-state index in [1.54, 1.807) is 23.1 Å². The standard InChI is InChI=1S/C28H19N5O2S5/c34-24(30-26-32-31-22(39-26)16-37-27-29-20-13-7-8-14-21(20)38-27)19(15-17-9-3-1-4-10-17)23-25(35)33(28(36)40-23)18-11-5-2-6-12-18/h1-14H,15-16H2,(H,30,32,34)/b23-19+. The summed E-state index contributed by atoms with van der Waals surface area (Å²) >= 11 is 11.2. The van der Waals surface area contributed by atoms with Crippen LogP contribution in [0.2, 0.25) is 0 Å². The fourth-order valence-electron chi connectivity index (χ4n) is 3.99. The average Bonchev–Trinajstić information content (AvgIpc) is 3.68. The normalized spacial score (nSPS) is 14.7. The van der Waals surface area contributed by atoms with E-state index in [0.29, 0.717) is 31.4 Å². The summed E-state index contributed by atoms with van der Waals surface area (Å²) in [7, 11) is 0. The van der Waals surface area contributed by atoms with Crippen LogP contribution in [0.1, 0.15) is 10.6 Å². The van der Waals surface area contributed by atoms with Gasteiger partial charge < -0.3 is 0 Å². The molecule has 6 rings (SSSR count). The molecule has 3 heterocycles. The lowest BCUT2D eigenvalue weighted by Gasteiger charge is -2.14. The van der Waals surface area contributed by atoms with Crippen molar-refractivity contribution in [1.29, 1.82) is 0 Å². The number of carbonyl (C=O) groups excluding carboxylic acids is 2. The molecule has 0 bridgehead atoms. The largest absolute Gasteiger partial charge is 0.297 e. The molecule has 1 fully saturated rings. The van der Waals surface area contributed by atoms with E-state index in [2.05, 4.69) is 26.6 Å². The molecule has 0 atom stereocenters. The number of fused-ring (bicyclic) bond motifs is 1. The van der Waals surface area contributed by atoms with Gasteiger partial charge >= 0.3 is 0 Å². The van der Waals surface area contributed by atoms with Gasteiger partial charge in [0.25, 0.3) is 11.8 Å². The Balaban J connectivity index is 1.22. The van der Waals surface area contributed by atoms with Crippen molar-refractivity contribution in [2.45, 2.75) is 16.5 Å². The van der Waals surface area contributed by atoms with Gasteiger partial charge in [-0.05, 0) is 29.8 Å². The van der Waals surface area contributed by atoms with Crippen LogP contribution in [0, 0.1) is 0 Å². The maximum Gasteiger partial charge on any atom is 0.271 e. The maximum atomic E-state index is 13.6. The van der Waals surface area contributed by atoms with Gasteiger partial charge in [0, 0.05) is 12.0 Å². The highest BCUT2D eigenvalue weighted by atomic mass is 32.2. The SMILES string of the molecule is O=C(Nc1nnc(CSc2nc3ccccc3s2)s1)/C(Cc1ccccc1)=C1/SC(=S)N(c2ccccc2)C1=O. The first-order valence-electron chi connectivity index (χ1n) is 12.1. The van der Waals surface area contributed by atoms with Gasteiger partial charge in [0.2, 0.25) is 5.13 Å². The van der Waals surface area contributed by atoms with E-state index < -0.39 is 5.91 Å². The van der Waals surface area contributed by atoms with Gasteiger partial charge in [0.1, 0.15) is 5.01 Å². The fourth-order valence-corrected chi connectivity index (χ4v) is 8.13. The zero-order valence-electron chi connectivity index (χ0n) is 20.6. The molecule has 0 saturated carbocycles. The monoisotopic (exact) mass is 617 g/mol. The van der Waals surface area contributed by atoms with Crippen LogP contribution in [-0.4, -0.2) is 31.3 Å². The zero-order chi connectivity index (χ0) is 27.5. The molecule has 198 valence electrons. The van der Waals surface area contributed by atoms with Crippen molar-refractivity contribution in [1.82, 2.24) is 15.2 Å². The number of hydrogen-bond donors (Lipinski definition) is 1. The number of amides is 2. The van der Waals surface area contributed by atoms with Gasteiger partial charge in [-0.2, -0.15) is 0 Å². The molecule has 1 aliphatic rings. The Kier molecular flexibility index (Phi) is 8.03. The quantitative estimate of drug-likeness (QED) is 0.114. The van der Waals surface area contributed by atoms with E-state index in [9.17, 15) is 9.59 Å². The van der Waals surface area contributed by atoms with Crippen molar-refractivity contribution in [3.63, 3.8) is 0 Å². The lowest BCUT2D eigenvalue weighted by atomic mass is 10.0. The fraction of sp³-hybridized carbons (Fsp3) is 0.0714. The molecule has 2 amide bonds. The number of nitrogens with one attached hydrogen (secondary N) is 1. The second-order valence-corrected chi connectivity index (χ2v) is 13.5. The molecule has 40 heavy (non-hydrogen) atoms. The Morgan fingerprint density at radius 2 is 1.65 bits per heavy atom. The minimum Gasteiger partial charge on any atom is -0.297 e. The third kappa shape index (κ3) is 5.86. The van der Waals surface area contributed by atoms with E-state index in [4.69, 9.17) is 12.2 Å². The van der Waals surface area contributed by atoms with Crippen LogP contribution in [0.25, 0.3) is 10.2 Å². The first-order valence-corrected chi connectivity index (χ1v) is 15.9. The first kappa shape index (κ1) is 26.8. The molecule has 1 N–H and O–H groups in total. The van der Waals surface area contributed by atoms with Gasteiger partial charge in [0.05, 0.1) is 26.6 Å². The molecule has 1 saturated heterocycles. The maximum absolute atomic E-state index is 13.6. The van der Waals surface area contributed by atoms with Crippen LogP contribution >= 0.6 is 58.4 Å². The topological polar surface area (TPSA) is 88.1 Å². The zero-order valence-corrected chi connectivity index (χ0v) is 24.7. The number of anilines is 2. The molecular formula is C28H19N5O2S5. The lowest BCUT2D eigenvalue weighted by Crippen LogP contribution is -2.28. The molecule has 3 aromatic carbocycles. The highest BCUT2D eigenvalue weighted by molar-refractivity contribution is 8.27. The third-order valence-corrected chi connectivity index (χ3v) is 10.5. The van der Waals surface area contributed by atoms with Gasteiger partial charge in [-0.1, -0.05) is 108 Å². The second kappa shape index (κ2) is 12.0. The summed E-state index contributed by atoms with van der Waals surface area (Å²) in [5.41, 5.74) is 2.88. The Morgan fingerprint density at radius 1 is 0.925 bits per heavy atom. The van der Waals surface area contributed by atoms with Crippen molar-refractivity contribution in [3.8, 4) is 0 Å². The molecule has 0 radical (unpaired) electrons. The highest BCUT2D eigenvalue weighted by Gasteiger charge is 2.37. The van der Waals surface area contributed by atoms with Crippen molar-refractivity contribution in [2.24, 2.45) is 0 Å². The predicted octanol–water partition coefficient (Wildman–Crippen LogP) is 6.94. The van der Waals surface area contributed by atoms with Gasteiger partial charge in [-0.3, -0.25) is 19.8 Å². The van der Waals surface area contributed by atoms with Gasteiger partial charge in [-0.15, -0.1) is 21.5 Å². The number of hydrogen-bond acceptors (Lipinski definition) is 10. The summed E-state index contributed by atoms with van der Waals surface area (Å²) in [5, 5.41) is 12.4. The van der Waals surface area contributed by atoms with Crippen molar-refractivity contribution in [2.75, 3.05) is 10.2 Å². The Labute approximate surface area is 251 Å². The smallest absolute Gasteiger partial charge is 0.271 e. The van der Waals surface area contributed by atoms with Crippen LogP contribution in [0.5, 0.6) is 0 Å². The van der Waals surface area contributed by atoms with E-state index in [1.165, 1.54) is 16.2 Å². The summed E-state index contributed by atoms with van der Waals surface area (Å²) < 4.78 is 2.47. The van der Waals surface area contributed by atoms with Crippen molar-refractivity contribution in [3.05, 3.63) is 106 Å². The number of thiocarbonyl (C=S) groups is 1. The van der Waals surface area contributed by atoms with E-state index in [-0.39, 0.29) is 12.3 Å². The van der Waals surface area contributed by atoms with Gasteiger partial charge in [0.15, 0.2) is 8.66 Å². The number of aromatic nitrogens is 3. The van der Waals surface area contributed by atoms with Crippen molar-refractivity contribution >= 4 is 95.6 Å². The first-order chi connectivity index (χ1) is 19.5. The molecule has 5 aromatic rings. The van der Waals surface area contributed by atoms with Crippen LogP contribution in [0.4, 0.5) is 10.8 Å². The van der Waals surface area contributed by atoms with Crippen LogP contribution in [0.15, 0.2) is 99.7 Å². The molecule has 1 aliphatic heterocycles. The summed E-state index contributed by atoms with van der Waals surface area (Å²) in [6.07, 6.45) is 0.269. The number of thiazole rings is 1. The van der Waals surface area contributed by atoms with Crippen LogP contribution in [-0.2, 0) is 21.8 Å². The predicted molar refractivity (Wildman–Crippen MR) is 169 cm³/mol. The van der Waals surface area contributed by atoms with Crippen LogP contribution in [0.3, 0.4) is 0 Å². The Bertz CT molecular complexity index is 1720. The molecule has 0 spiro atoms. The molecule has 2 aromatic heterocycles. The molecule has 0 aliphatic carbocycles. The molecular weight excluding hydrogens is 599 g/mol. The molecule has 7 nitrogen and oxygen atoms in total. The highest BCUT2D eigenvalue weighted by Crippen LogP contribution is 2.38. The number of nitrogens with zero attached hydrogens (tertiary/aromatic N) is 4. The number of para-hydroxylation sites is 2. The van der Waals surface area contributed by atoms with Crippen molar-refractivity contribution < 1.29 is 9.59 Å². The molecule has 12 heteroatoms. The number of carbonyl (C=O) groups is 2.